The number of nitrogens with zero attached hydrogens (tertiary/aromatic N) is 2. The Morgan fingerprint density at radius 3 is 2.82 bits per heavy atom. The van der Waals surface area contributed by atoms with E-state index in [0.29, 0.717) is 14.9 Å². The van der Waals surface area contributed by atoms with Gasteiger partial charge in [0.05, 0.1) is 15.5 Å². The van der Waals surface area contributed by atoms with Crippen LogP contribution >= 0.6 is 24.0 Å². The molecule has 0 saturated carbocycles. The van der Waals surface area contributed by atoms with Crippen molar-refractivity contribution in [1.82, 2.24) is 9.88 Å². The third kappa shape index (κ3) is 2.78. The van der Waals surface area contributed by atoms with E-state index in [0.717, 1.165) is 5.69 Å². The molecule has 0 bridgehead atoms. The molecule has 1 fully saturated rings. The number of carbonyl (C=O) groups is 1. The molecule has 1 N–H and O–H groups in total. The molecule has 0 spiro atoms. The van der Waals surface area contributed by atoms with Crippen LogP contribution in [0.1, 0.15) is 5.69 Å². The minimum absolute atomic E-state index is 0.0129. The lowest BCUT2D eigenvalue weighted by molar-refractivity contribution is -0.384. The molecular formula is C14H9N3O3S2. The smallest absolute Gasteiger partial charge is 0.271 e. The number of hydrogen-bond donors (Lipinski definition) is 1. The van der Waals surface area contributed by atoms with Crippen molar-refractivity contribution >= 4 is 46.0 Å². The summed E-state index contributed by atoms with van der Waals surface area (Å²) in [6, 6.07) is 9.93. The molecule has 1 aromatic heterocycles. The van der Waals surface area contributed by atoms with Gasteiger partial charge >= 0.3 is 0 Å². The van der Waals surface area contributed by atoms with Crippen LogP contribution in [0, 0.1) is 10.1 Å². The normalized spacial score (nSPS) is 16.1. The van der Waals surface area contributed by atoms with Gasteiger partial charge in [0, 0.05) is 24.0 Å². The topological polar surface area (TPSA) is 77.2 Å². The number of nitro groups is 1. The molecule has 1 aliphatic rings. The highest BCUT2D eigenvalue weighted by atomic mass is 32.2. The van der Waals surface area contributed by atoms with Crippen molar-refractivity contribution in [2.75, 3.05) is 0 Å². The summed E-state index contributed by atoms with van der Waals surface area (Å²) < 4.78 is 2.19. The SMILES string of the molecule is O=C1NC(=S)S/C1=C/c1cccn1-c1cccc([N+](=O)[O-])c1. The minimum Gasteiger partial charge on any atom is -0.317 e. The molecule has 3 rings (SSSR count). The Balaban J connectivity index is 2.01. The van der Waals surface area contributed by atoms with Crippen LogP contribution in [-0.4, -0.2) is 19.7 Å². The number of nitrogens with one attached hydrogen (secondary N) is 1. The molecule has 1 aliphatic heterocycles. The van der Waals surface area contributed by atoms with Crippen molar-refractivity contribution in [3.8, 4) is 5.69 Å². The molecule has 2 heterocycles. The molecule has 110 valence electrons. The Morgan fingerprint density at radius 2 is 2.14 bits per heavy atom. The summed E-state index contributed by atoms with van der Waals surface area (Å²) in [5, 5.41) is 13.4. The number of thiocarbonyl (C=S) groups is 1. The Labute approximate surface area is 135 Å². The van der Waals surface area contributed by atoms with Crippen LogP contribution in [0.5, 0.6) is 0 Å². The molecule has 0 radical (unpaired) electrons. The van der Waals surface area contributed by atoms with Gasteiger partial charge in [0.25, 0.3) is 11.6 Å². The fraction of sp³-hybridized carbons (Fsp3) is 0. The second-order valence-electron chi connectivity index (χ2n) is 4.43. The second kappa shape index (κ2) is 5.74. The van der Waals surface area contributed by atoms with Gasteiger partial charge in [-0.15, -0.1) is 0 Å². The van der Waals surface area contributed by atoms with Gasteiger partial charge in [-0.25, -0.2) is 0 Å². The van der Waals surface area contributed by atoms with Gasteiger partial charge in [-0.3, -0.25) is 14.9 Å². The monoisotopic (exact) mass is 331 g/mol. The number of nitro benzene ring substituents is 1. The van der Waals surface area contributed by atoms with Crippen molar-refractivity contribution in [2.24, 2.45) is 0 Å². The number of thioether (sulfide) groups is 1. The molecule has 1 saturated heterocycles. The second-order valence-corrected chi connectivity index (χ2v) is 6.15. The average Bonchev–Trinajstić information content (AvgIpc) is 3.06. The Kier molecular flexibility index (Phi) is 3.78. The third-order valence-corrected chi connectivity index (χ3v) is 4.18. The van der Waals surface area contributed by atoms with Crippen molar-refractivity contribution in [3.05, 3.63) is 63.3 Å². The maximum atomic E-state index is 11.7. The molecule has 6 nitrogen and oxygen atoms in total. The van der Waals surface area contributed by atoms with E-state index in [-0.39, 0.29) is 11.6 Å². The lowest BCUT2D eigenvalue weighted by Gasteiger charge is -2.06. The van der Waals surface area contributed by atoms with E-state index < -0.39 is 4.92 Å². The first kappa shape index (κ1) is 14.5. The van der Waals surface area contributed by atoms with E-state index in [1.165, 1.54) is 23.9 Å². The first-order valence-corrected chi connectivity index (χ1v) is 7.44. The zero-order valence-electron chi connectivity index (χ0n) is 11.1. The predicted octanol–water partition coefficient (Wildman–Crippen LogP) is 2.87. The number of carbonyl (C=O) groups excluding carboxylic acids is 1. The van der Waals surface area contributed by atoms with Crippen LogP contribution in [0.4, 0.5) is 5.69 Å². The van der Waals surface area contributed by atoms with Crippen LogP contribution in [-0.2, 0) is 4.79 Å². The first-order valence-electron chi connectivity index (χ1n) is 6.21. The quantitative estimate of drug-likeness (QED) is 0.405. The lowest BCUT2D eigenvalue weighted by atomic mass is 10.2. The highest BCUT2D eigenvalue weighted by molar-refractivity contribution is 8.26. The number of rotatable bonds is 3. The number of aromatic nitrogens is 1. The summed E-state index contributed by atoms with van der Waals surface area (Å²) in [5.74, 6) is -0.234. The maximum absolute atomic E-state index is 11.7. The van der Waals surface area contributed by atoms with Gasteiger partial charge in [-0.1, -0.05) is 30.0 Å². The number of non-ortho nitro benzene ring substituents is 1. The predicted molar refractivity (Wildman–Crippen MR) is 88.7 cm³/mol. The van der Waals surface area contributed by atoms with Crippen molar-refractivity contribution in [2.45, 2.75) is 0 Å². The van der Waals surface area contributed by atoms with E-state index in [1.807, 2.05) is 6.07 Å². The third-order valence-electron chi connectivity index (χ3n) is 3.02. The summed E-state index contributed by atoms with van der Waals surface area (Å²) in [7, 11) is 0. The lowest BCUT2D eigenvalue weighted by Crippen LogP contribution is -2.17. The first-order chi connectivity index (χ1) is 10.5. The van der Waals surface area contributed by atoms with Crippen LogP contribution in [0.15, 0.2) is 47.5 Å². The molecule has 0 aliphatic carbocycles. The molecule has 0 unspecified atom stereocenters. The van der Waals surface area contributed by atoms with E-state index in [1.54, 1.807) is 35.0 Å². The average molecular weight is 331 g/mol. The zero-order chi connectivity index (χ0) is 15.7. The summed E-state index contributed by atoms with van der Waals surface area (Å²) in [6.45, 7) is 0. The fourth-order valence-electron chi connectivity index (χ4n) is 2.06. The largest absolute Gasteiger partial charge is 0.317 e. The fourth-order valence-corrected chi connectivity index (χ4v) is 3.09. The van der Waals surface area contributed by atoms with Gasteiger partial charge in [0.1, 0.15) is 4.32 Å². The van der Waals surface area contributed by atoms with Crippen molar-refractivity contribution < 1.29 is 9.72 Å². The summed E-state index contributed by atoms with van der Waals surface area (Å²) in [4.78, 5) is 22.7. The molecule has 1 aromatic carbocycles. The van der Waals surface area contributed by atoms with E-state index in [4.69, 9.17) is 12.2 Å². The Hall–Kier alpha value is -2.45. The van der Waals surface area contributed by atoms with Gasteiger partial charge in [0.2, 0.25) is 0 Å². The summed E-state index contributed by atoms with van der Waals surface area (Å²) in [5.41, 5.74) is 1.40. The number of amides is 1. The summed E-state index contributed by atoms with van der Waals surface area (Å²) >= 11 is 6.14. The molecule has 0 atom stereocenters. The minimum atomic E-state index is -0.441. The molecule has 2 aromatic rings. The van der Waals surface area contributed by atoms with Crippen LogP contribution < -0.4 is 5.32 Å². The van der Waals surface area contributed by atoms with Crippen LogP contribution in [0.25, 0.3) is 11.8 Å². The van der Waals surface area contributed by atoms with Gasteiger partial charge < -0.3 is 9.88 Å². The molecule has 1 amide bonds. The van der Waals surface area contributed by atoms with E-state index in [9.17, 15) is 14.9 Å². The highest BCUT2D eigenvalue weighted by Gasteiger charge is 2.22. The van der Waals surface area contributed by atoms with Gasteiger partial charge in [0.15, 0.2) is 0 Å². The van der Waals surface area contributed by atoms with Crippen molar-refractivity contribution in [3.63, 3.8) is 0 Å². The number of benzene rings is 1. The van der Waals surface area contributed by atoms with Crippen LogP contribution in [0.3, 0.4) is 0 Å². The maximum Gasteiger partial charge on any atom is 0.271 e. The van der Waals surface area contributed by atoms with E-state index in [2.05, 4.69) is 5.32 Å². The molecular weight excluding hydrogens is 322 g/mol. The Bertz CT molecular complexity index is 826. The van der Waals surface area contributed by atoms with Gasteiger partial charge in [-0.05, 0) is 24.3 Å². The van der Waals surface area contributed by atoms with Gasteiger partial charge in [-0.2, -0.15) is 0 Å². The van der Waals surface area contributed by atoms with E-state index >= 15 is 0 Å². The standard InChI is InChI=1S/C14H9N3O3S2/c18-13-12(22-14(21)15-13)8-10-5-2-6-16(10)9-3-1-4-11(7-9)17(19)20/h1-8H,(H,15,18,21)/b12-8+. The Morgan fingerprint density at radius 1 is 1.32 bits per heavy atom. The highest BCUT2D eigenvalue weighted by Crippen LogP contribution is 2.27. The van der Waals surface area contributed by atoms with Crippen molar-refractivity contribution in [1.29, 1.82) is 0 Å². The molecule has 8 heteroatoms. The summed E-state index contributed by atoms with van der Waals surface area (Å²) in [6.07, 6.45) is 3.49. The molecule has 22 heavy (non-hydrogen) atoms. The number of hydrogen-bond acceptors (Lipinski definition) is 5. The van der Waals surface area contributed by atoms with Crippen LogP contribution in [0.2, 0.25) is 0 Å². The zero-order valence-corrected chi connectivity index (χ0v) is 12.7.